The fraction of sp³-hybridized carbons (Fsp3) is 0.444. The van der Waals surface area contributed by atoms with Crippen LogP contribution in [0.3, 0.4) is 0 Å². The lowest BCUT2D eigenvalue weighted by Crippen LogP contribution is -2.58. The summed E-state index contributed by atoms with van der Waals surface area (Å²) in [6.45, 7) is 3.09. The highest BCUT2D eigenvalue weighted by atomic mass is 19.4. The Bertz CT molecular complexity index is 1150. The van der Waals surface area contributed by atoms with Crippen LogP contribution in [-0.4, -0.2) is 66.0 Å². The van der Waals surface area contributed by atoms with Gasteiger partial charge in [-0.2, -0.15) is 13.2 Å². The number of hydrogen-bond donors (Lipinski definition) is 2. The summed E-state index contributed by atoms with van der Waals surface area (Å²) in [4.78, 5) is 44.0. The zero-order valence-corrected chi connectivity index (χ0v) is 21.3. The highest BCUT2D eigenvalue weighted by molar-refractivity contribution is 5.97. The number of benzene rings is 2. The second-order valence-electron chi connectivity index (χ2n) is 9.60. The zero-order chi connectivity index (χ0) is 27.3. The van der Waals surface area contributed by atoms with Gasteiger partial charge in [-0.1, -0.05) is 43.7 Å². The van der Waals surface area contributed by atoms with Crippen LogP contribution < -0.4 is 15.5 Å². The molecule has 0 unspecified atom stereocenters. The number of nitrogens with one attached hydrogen (secondary N) is 2. The molecule has 0 saturated carbocycles. The number of carbonyl (C=O) groups excluding carboxylic acids is 3. The number of amides is 4. The lowest BCUT2D eigenvalue weighted by Gasteiger charge is -2.43. The van der Waals surface area contributed by atoms with Crippen molar-refractivity contribution in [3.8, 4) is 0 Å². The van der Waals surface area contributed by atoms with E-state index in [2.05, 4.69) is 10.6 Å². The second kappa shape index (κ2) is 11.3. The van der Waals surface area contributed by atoms with Gasteiger partial charge in [-0.05, 0) is 43.5 Å². The van der Waals surface area contributed by atoms with Crippen LogP contribution in [0.5, 0.6) is 0 Å². The summed E-state index contributed by atoms with van der Waals surface area (Å²) in [7, 11) is 0. The fourth-order valence-corrected chi connectivity index (χ4v) is 5.07. The molecule has 4 rings (SSSR count). The van der Waals surface area contributed by atoms with E-state index in [-0.39, 0.29) is 56.6 Å². The van der Waals surface area contributed by atoms with Gasteiger partial charge in [-0.15, -0.1) is 0 Å². The Kier molecular flexibility index (Phi) is 8.13. The smallest absolute Gasteiger partial charge is 0.355 e. The minimum Gasteiger partial charge on any atom is -0.355 e. The molecule has 4 amide bonds. The van der Waals surface area contributed by atoms with E-state index >= 15 is 0 Å². The second-order valence-corrected chi connectivity index (χ2v) is 9.60. The first kappa shape index (κ1) is 27.3. The molecule has 2 saturated heterocycles. The Hall–Kier alpha value is -3.76. The number of hydrogen-bond acceptors (Lipinski definition) is 4. The van der Waals surface area contributed by atoms with E-state index in [1.165, 1.54) is 28.0 Å². The van der Waals surface area contributed by atoms with Crippen LogP contribution in [0.25, 0.3) is 0 Å². The largest absolute Gasteiger partial charge is 0.418 e. The van der Waals surface area contributed by atoms with Crippen LogP contribution in [0, 0.1) is 0 Å². The molecule has 0 radical (unpaired) electrons. The number of halogens is 3. The van der Waals surface area contributed by atoms with Gasteiger partial charge in [0.2, 0.25) is 5.91 Å². The highest BCUT2D eigenvalue weighted by Gasteiger charge is 2.54. The van der Waals surface area contributed by atoms with Gasteiger partial charge >= 0.3 is 12.2 Å². The third-order valence-electron chi connectivity index (χ3n) is 7.12. The topological polar surface area (TPSA) is 85.0 Å². The van der Waals surface area contributed by atoms with E-state index in [9.17, 15) is 27.6 Å². The van der Waals surface area contributed by atoms with Crippen molar-refractivity contribution in [3.05, 3.63) is 60.2 Å². The van der Waals surface area contributed by atoms with Crippen molar-refractivity contribution in [2.75, 3.05) is 43.1 Å². The first-order valence-electron chi connectivity index (χ1n) is 12.8. The number of urea groups is 1. The minimum atomic E-state index is -4.60. The van der Waals surface area contributed by atoms with E-state index in [1.807, 2.05) is 42.2 Å². The standard InChI is InChI=1S/C27H32F3N5O3/c1-2-3-15-31-23(36)18-34-19-35(20-9-5-4-6-10-20)26(24(34)37)13-16-33(17-14-26)25(38)32-22-12-8-7-11-21(22)27(28,29)30/h4-12H,2-3,13-19H2,1H3,(H,31,36)(H,32,38). The molecule has 2 aromatic rings. The summed E-state index contributed by atoms with van der Waals surface area (Å²) in [5.41, 5.74) is -1.36. The zero-order valence-electron chi connectivity index (χ0n) is 21.3. The van der Waals surface area contributed by atoms with Crippen molar-refractivity contribution in [1.82, 2.24) is 15.1 Å². The summed E-state index contributed by atoms with van der Waals surface area (Å²) in [5, 5.41) is 5.23. The van der Waals surface area contributed by atoms with Crippen LogP contribution in [-0.2, 0) is 15.8 Å². The molecule has 0 atom stereocenters. The number of piperidine rings is 1. The van der Waals surface area contributed by atoms with Gasteiger partial charge < -0.3 is 25.3 Å². The van der Waals surface area contributed by atoms with Gasteiger partial charge in [0.25, 0.3) is 5.91 Å². The van der Waals surface area contributed by atoms with Crippen LogP contribution in [0.15, 0.2) is 54.6 Å². The molecular weight excluding hydrogens is 499 g/mol. The average Bonchev–Trinajstić information content (AvgIpc) is 3.15. The predicted molar refractivity (Wildman–Crippen MR) is 137 cm³/mol. The van der Waals surface area contributed by atoms with Crippen LogP contribution in [0.1, 0.15) is 38.2 Å². The van der Waals surface area contributed by atoms with Crippen LogP contribution >= 0.6 is 0 Å². The first-order chi connectivity index (χ1) is 18.2. The highest BCUT2D eigenvalue weighted by Crippen LogP contribution is 2.40. The Labute approximate surface area is 219 Å². The molecule has 2 aliphatic heterocycles. The molecule has 2 N–H and O–H groups in total. The van der Waals surface area contributed by atoms with E-state index in [0.717, 1.165) is 24.6 Å². The third-order valence-corrected chi connectivity index (χ3v) is 7.12. The van der Waals surface area contributed by atoms with Crippen molar-refractivity contribution in [1.29, 1.82) is 0 Å². The maximum absolute atomic E-state index is 13.7. The van der Waals surface area contributed by atoms with Crippen molar-refractivity contribution >= 4 is 29.2 Å². The summed E-state index contributed by atoms with van der Waals surface area (Å²) < 4.78 is 40.1. The summed E-state index contributed by atoms with van der Waals surface area (Å²) in [6.07, 6.45) is -2.24. The molecule has 2 heterocycles. The van der Waals surface area contributed by atoms with Crippen LogP contribution in [0.2, 0.25) is 0 Å². The maximum atomic E-state index is 13.7. The number of rotatable bonds is 7. The Morgan fingerprint density at radius 3 is 2.32 bits per heavy atom. The molecule has 204 valence electrons. The molecule has 11 heteroatoms. The molecular formula is C27H32F3N5O3. The SMILES string of the molecule is CCCCNC(=O)CN1CN(c2ccccc2)C2(CCN(C(=O)Nc3ccccc3C(F)(F)F)CC2)C1=O. The van der Waals surface area contributed by atoms with E-state index in [0.29, 0.717) is 6.54 Å². The van der Waals surface area contributed by atoms with Gasteiger partial charge in [0.15, 0.2) is 0 Å². The van der Waals surface area contributed by atoms with Crippen molar-refractivity contribution < 1.29 is 27.6 Å². The number of anilines is 2. The molecule has 8 nitrogen and oxygen atoms in total. The monoisotopic (exact) mass is 531 g/mol. The third kappa shape index (κ3) is 5.71. The molecule has 0 aliphatic carbocycles. The lowest BCUT2D eigenvalue weighted by atomic mass is 9.85. The van der Waals surface area contributed by atoms with Crippen molar-refractivity contribution in [2.24, 2.45) is 0 Å². The number of likely N-dealkylation sites (tertiary alicyclic amines) is 1. The quantitative estimate of drug-likeness (QED) is 0.522. The van der Waals surface area contributed by atoms with Gasteiger partial charge in [0.1, 0.15) is 12.1 Å². The molecule has 2 aromatic carbocycles. The molecule has 38 heavy (non-hydrogen) atoms. The van der Waals surface area contributed by atoms with Gasteiger partial charge in [-0.3, -0.25) is 9.59 Å². The first-order valence-corrected chi connectivity index (χ1v) is 12.8. The van der Waals surface area contributed by atoms with Gasteiger partial charge in [0.05, 0.1) is 17.9 Å². The summed E-state index contributed by atoms with van der Waals surface area (Å²) >= 11 is 0. The number of unbranched alkanes of at least 4 members (excludes halogenated alkanes) is 1. The molecule has 0 bridgehead atoms. The average molecular weight is 532 g/mol. The van der Waals surface area contributed by atoms with Crippen molar-refractivity contribution in [2.45, 2.75) is 44.3 Å². The molecule has 1 spiro atoms. The Morgan fingerprint density at radius 1 is 1.00 bits per heavy atom. The summed E-state index contributed by atoms with van der Waals surface area (Å²) in [5.74, 6) is -0.411. The van der Waals surface area contributed by atoms with Crippen molar-refractivity contribution in [3.63, 3.8) is 0 Å². The predicted octanol–water partition coefficient (Wildman–Crippen LogP) is 4.29. The number of alkyl halides is 3. The fourth-order valence-electron chi connectivity index (χ4n) is 5.07. The van der Waals surface area contributed by atoms with Gasteiger partial charge in [0, 0.05) is 25.3 Å². The van der Waals surface area contributed by atoms with Crippen LogP contribution in [0.4, 0.5) is 29.3 Å². The van der Waals surface area contributed by atoms with Gasteiger partial charge in [-0.25, -0.2) is 4.79 Å². The molecule has 0 aromatic heterocycles. The Balaban J connectivity index is 1.48. The number of nitrogens with zero attached hydrogens (tertiary/aromatic N) is 3. The lowest BCUT2D eigenvalue weighted by molar-refractivity contribution is -0.137. The maximum Gasteiger partial charge on any atom is 0.418 e. The number of para-hydroxylation sites is 2. The molecule has 2 aliphatic rings. The normalized spacial score (nSPS) is 17.2. The minimum absolute atomic E-state index is 0.0634. The van der Waals surface area contributed by atoms with E-state index in [4.69, 9.17) is 0 Å². The summed E-state index contributed by atoms with van der Waals surface area (Å²) in [6, 6.07) is 13.6. The van der Waals surface area contributed by atoms with E-state index in [1.54, 1.807) is 0 Å². The Morgan fingerprint density at radius 2 is 1.66 bits per heavy atom. The van der Waals surface area contributed by atoms with E-state index < -0.39 is 23.3 Å². The number of carbonyl (C=O) groups is 3. The molecule has 2 fully saturated rings.